The van der Waals surface area contributed by atoms with Gasteiger partial charge in [0.25, 0.3) is 5.56 Å². The van der Waals surface area contributed by atoms with Crippen molar-refractivity contribution in [2.75, 3.05) is 30.3 Å². The number of carbonyl (C=O) groups is 1. The van der Waals surface area contributed by atoms with Crippen LogP contribution in [0.1, 0.15) is 42.5 Å². The largest absolute Gasteiger partial charge is 0.372 e. The summed E-state index contributed by atoms with van der Waals surface area (Å²) >= 11 is 3.29. The summed E-state index contributed by atoms with van der Waals surface area (Å²) in [5, 5.41) is 3.81. The first kappa shape index (κ1) is 22.9. The van der Waals surface area contributed by atoms with Crippen molar-refractivity contribution in [1.29, 1.82) is 0 Å². The second-order valence-electron chi connectivity index (χ2n) is 7.97. The molecule has 0 saturated carbocycles. The Bertz CT molecular complexity index is 1110. The molecule has 2 aromatic heterocycles. The minimum Gasteiger partial charge on any atom is -0.372 e. The highest BCUT2D eigenvalue weighted by Gasteiger charge is 2.21. The fourth-order valence-electron chi connectivity index (χ4n) is 4.14. The Hall–Kier alpha value is -2.32. The Balaban J connectivity index is 1.15. The third-order valence-corrected chi connectivity index (χ3v) is 7.92. The standard InChI is InChI=1S/C24H30N4O2S2/c1-2-28(17-8-4-3-5-9-17)14-7-13-25-21(29)12-15-31-16-20-26-23(30)22-18-10-6-11-19(18)32-24(22)27-20/h3-5,8-9H,2,6-7,10-16H2,1H3,(H,25,29)(H,26,27,30). The molecule has 1 aromatic carbocycles. The quantitative estimate of drug-likeness (QED) is 0.412. The zero-order valence-corrected chi connectivity index (χ0v) is 20.1. The lowest BCUT2D eigenvalue weighted by molar-refractivity contribution is -0.120. The Morgan fingerprint density at radius 1 is 1.28 bits per heavy atom. The van der Waals surface area contributed by atoms with Crippen molar-refractivity contribution < 1.29 is 4.79 Å². The molecule has 0 atom stereocenters. The number of aryl methyl sites for hydroxylation is 2. The number of nitrogens with one attached hydrogen (secondary N) is 2. The molecule has 170 valence electrons. The molecule has 0 fully saturated rings. The first-order chi connectivity index (χ1) is 15.7. The van der Waals surface area contributed by atoms with Gasteiger partial charge in [-0.15, -0.1) is 11.3 Å². The number of carbonyl (C=O) groups excluding carboxylic acids is 1. The topological polar surface area (TPSA) is 78.1 Å². The fourth-order valence-corrected chi connectivity index (χ4v) is 6.23. The minimum absolute atomic E-state index is 0.0145. The molecule has 0 saturated heterocycles. The van der Waals surface area contributed by atoms with Crippen LogP contribution in [0.2, 0.25) is 0 Å². The van der Waals surface area contributed by atoms with E-state index in [1.165, 1.54) is 16.1 Å². The van der Waals surface area contributed by atoms with Crippen molar-refractivity contribution in [1.82, 2.24) is 15.3 Å². The molecule has 1 aliphatic rings. The van der Waals surface area contributed by atoms with Gasteiger partial charge >= 0.3 is 0 Å². The van der Waals surface area contributed by atoms with Crippen LogP contribution in [-0.2, 0) is 23.4 Å². The number of anilines is 1. The van der Waals surface area contributed by atoms with Crippen LogP contribution < -0.4 is 15.8 Å². The molecule has 2 heterocycles. The second kappa shape index (κ2) is 11.0. The third-order valence-electron chi connectivity index (χ3n) is 5.77. The molecule has 0 aliphatic heterocycles. The third kappa shape index (κ3) is 5.53. The zero-order chi connectivity index (χ0) is 22.3. The maximum atomic E-state index is 12.5. The van der Waals surface area contributed by atoms with Crippen molar-refractivity contribution in [3.63, 3.8) is 0 Å². The number of thioether (sulfide) groups is 1. The summed E-state index contributed by atoms with van der Waals surface area (Å²) in [6.45, 7) is 4.70. The number of amides is 1. The van der Waals surface area contributed by atoms with Gasteiger partial charge in [0.05, 0.1) is 11.1 Å². The van der Waals surface area contributed by atoms with Gasteiger partial charge in [-0.05, 0) is 50.3 Å². The van der Waals surface area contributed by atoms with Crippen LogP contribution in [0, 0.1) is 0 Å². The summed E-state index contributed by atoms with van der Waals surface area (Å²) in [6, 6.07) is 10.4. The molecule has 0 spiro atoms. The number of hydrogen-bond donors (Lipinski definition) is 2. The summed E-state index contributed by atoms with van der Waals surface area (Å²) in [6.07, 6.45) is 4.59. The predicted octanol–water partition coefficient (Wildman–Crippen LogP) is 4.13. The average molecular weight is 471 g/mol. The molecule has 3 aromatic rings. The lowest BCUT2D eigenvalue weighted by Crippen LogP contribution is -2.30. The van der Waals surface area contributed by atoms with Crippen molar-refractivity contribution >= 4 is 44.9 Å². The van der Waals surface area contributed by atoms with Crippen LogP contribution in [0.4, 0.5) is 5.69 Å². The number of rotatable bonds is 11. The molecule has 0 bridgehead atoms. The smallest absolute Gasteiger partial charge is 0.259 e. The van der Waals surface area contributed by atoms with E-state index >= 15 is 0 Å². The van der Waals surface area contributed by atoms with Crippen LogP contribution in [0.15, 0.2) is 35.1 Å². The number of nitrogens with zero attached hydrogens (tertiary/aromatic N) is 2. The summed E-state index contributed by atoms with van der Waals surface area (Å²) < 4.78 is 0. The lowest BCUT2D eigenvalue weighted by Gasteiger charge is -2.23. The van der Waals surface area contributed by atoms with E-state index in [1.54, 1.807) is 23.1 Å². The molecule has 6 nitrogen and oxygen atoms in total. The first-order valence-corrected chi connectivity index (χ1v) is 13.3. The Morgan fingerprint density at radius 3 is 2.94 bits per heavy atom. The number of H-pyrrole nitrogens is 1. The van der Waals surface area contributed by atoms with Gasteiger partial charge < -0.3 is 15.2 Å². The zero-order valence-electron chi connectivity index (χ0n) is 18.5. The van der Waals surface area contributed by atoms with Crippen molar-refractivity contribution in [3.05, 3.63) is 57.0 Å². The average Bonchev–Trinajstić information content (AvgIpc) is 3.38. The maximum absolute atomic E-state index is 12.5. The summed E-state index contributed by atoms with van der Waals surface area (Å²) in [7, 11) is 0. The highest BCUT2D eigenvalue weighted by Crippen LogP contribution is 2.34. The number of thiophene rings is 1. The van der Waals surface area contributed by atoms with Gasteiger partial charge in [0.15, 0.2) is 0 Å². The summed E-state index contributed by atoms with van der Waals surface area (Å²) in [5.74, 6) is 2.10. The van der Waals surface area contributed by atoms with E-state index in [-0.39, 0.29) is 11.5 Å². The first-order valence-electron chi connectivity index (χ1n) is 11.3. The van der Waals surface area contributed by atoms with E-state index < -0.39 is 0 Å². The molecule has 1 aliphatic carbocycles. The van der Waals surface area contributed by atoms with Crippen molar-refractivity contribution in [3.8, 4) is 0 Å². The van der Waals surface area contributed by atoms with Gasteiger partial charge in [-0.2, -0.15) is 11.8 Å². The van der Waals surface area contributed by atoms with E-state index in [0.29, 0.717) is 30.3 Å². The lowest BCUT2D eigenvalue weighted by atomic mass is 10.2. The maximum Gasteiger partial charge on any atom is 0.259 e. The Labute approximate surface area is 196 Å². The SMILES string of the molecule is CCN(CCCNC(=O)CCSCc1nc2sc3c(c2c(=O)[nH]1)CCC3)c1ccccc1. The molecule has 8 heteroatoms. The van der Waals surface area contributed by atoms with E-state index in [9.17, 15) is 9.59 Å². The normalized spacial score (nSPS) is 12.8. The Morgan fingerprint density at radius 2 is 2.12 bits per heavy atom. The second-order valence-corrected chi connectivity index (χ2v) is 10.2. The van der Waals surface area contributed by atoms with E-state index in [2.05, 4.69) is 39.2 Å². The van der Waals surface area contributed by atoms with Gasteiger partial charge in [0.2, 0.25) is 5.91 Å². The number of hydrogen-bond acceptors (Lipinski definition) is 6. The molecule has 32 heavy (non-hydrogen) atoms. The van der Waals surface area contributed by atoms with Crippen molar-refractivity contribution in [2.24, 2.45) is 0 Å². The van der Waals surface area contributed by atoms with Gasteiger partial charge in [-0.3, -0.25) is 9.59 Å². The summed E-state index contributed by atoms with van der Waals surface area (Å²) in [5.41, 5.74) is 2.41. The number of aromatic amines is 1. The molecule has 0 unspecified atom stereocenters. The monoisotopic (exact) mass is 470 g/mol. The minimum atomic E-state index is -0.0145. The van der Waals surface area contributed by atoms with Crippen LogP contribution in [0.5, 0.6) is 0 Å². The predicted molar refractivity (Wildman–Crippen MR) is 135 cm³/mol. The summed E-state index contributed by atoms with van der Waals surface area (Å²) in [4.78, 5) is 36.7. The van der Waals surface area contributed by atoms with E-state index in [1.807, 2.05) is 18.2 Å². The van der Waals surface area contributed by atoms with Gasteiger partial charge in [0.1, 0.15) is 10.7 Å². The molecular weight excluding hydrogens is 440 g/mol. The van der Waals surface area contributed by atoms with Crippen molar-refractivity contribution in [2.45, 2.75) is 44.8 Å². The number of para-hydroxylation sites is 1. The fraction of sp³-hybridized carbons (Fsp3) is 0.458. The number of benzene rings is 1. The molecular formula is C24H30N4O2S2. The van der Waals surface area contributed by atoms with Crippen LogP contribution in [0.25, 0.3) is 10.2 Å². The van der Waals surface area contributed by atoms with Crippen LogP contribution >= 0.6 is 23.1 Å². The molecule has 4 rings (SSSR count). The van der Waals surface area contributed by atoms with Crippen LogP contribution in [0.3, 0.4) is 0 Å². The van der Waals surface area contributed by atoms with E-state index in [0.717, 1.165) is 49.0 Å². The Kier molecular flexibility index (Phi) is 7.86. The van der Waals surface area contributed by atoms with Crippen LogP contribution in [-0.4, -0.2) is 41.3 Å². The van der Waals surface area contributed by atoms with Gasteiger partial charge in [-0.1, -0.05) is 18.2 Å². The van der Waals surface area contributed by atoms with Gasteiger partial charge in [0, 0.05) is 42.4 Å². The molecule has 0 radical (unpaired) electrons. The number of fused-ring (bicyclic) bond motifs is 3. The van der Waals surface area contributed by atoms with E-state index in [4.69, 9.17) is 0 Å². The molecule has 1 amide bonds. The highest BCUT2D eigenvalue weighted by atomic mass is 32.2. The highest BCUT2D eigenvalue weighted by molar-refractivity contribution is 7.98. The number of aromatic nitrogens is 2. The van der Waals surface area contributed by atoms with Gasteiger partial charge in [-0.25, -0.2) is 4.98 Å². The molecule has 2 N–H and O–H groups in total.